The average Bonchev–Trinajstić information content (AvgIpc) is 2.50. The van der Waals surface area contributed by atoms with Gasteiger partial charge in [0.2, 0.25) is 0 Å². The molecule has 0 saturated heterocycles. The summed E-state index contributed by atoms with van der Waals surface area (Å²) < 4.78 is 12.3. The van der Waals surface area contributed by atoms with Crippen molar-refractivity contribution in [3.8, 4) is 0 Å². The number of aromatic nitrogens is 2. The molecule has 0 fully saturated rings. The van der Waals surface area contributed by atoms with E-state index in [1.165, 1.54) is 0 Å². The molecular weight excluding hydrogens is 143 g/mol. The summed E-state index contributed by atoms with van der Waals surface area (Å²) >= 11 is 0. The maximum absolute atomic E-state index is 12.3. The minimum Gasteiger partial charge on any atom is -0.346 e. The van der Waals surface area contributed by atoms with Gasteiger partial charge in [-0.3, -0.25) is 0 Å². The van der Waals surface area contributed by atoms with E-state index in [2.05, 4.69) is 9.97 Å². The summed E-state index contributed by atoms with van der Waals surface area (Å²) in [6.07, 6.45) is 3.37. The third-order valence-corrected chi connectivity index (χ3v) is 1.69. The molecule has 0 unspecified atom stereocenters. The van der Waals surface area contributed by atoms with Gasteiger partial charge in [-0.15, -0.1) is 0 Å². The Balaban J connectivity index is 2.79. The number of aromatic amines is 1. The van der Waals surface area contributed by atoms with Crippen LogP contribution in [0, 0.1) is 0 Å². The Labute approximate surface area is 63.1 Å². The molecule has 0 aromatic carbocycles. The Morgan fingerprint density at radius 3 is 3.18 bits per heavy atom. The predicted octanol–water partition coefficient (Wildman–Crippen LogP) is 2.03. The van der Waals surface area contributed by atoms with Crippen molar-refractivity contribution in [2.45, 2.75) is 6.67 Å². The molecule has 3 heteroatoms. The van der Waals surface area contributed by atoms with Gasteiger partial charge in [0.15, 0.2) is 0 Å². The molecule has 0 atom stereocenters. The first-order chi connectivity index (χ1) is 5.42. The van der Waals surface area contributed by atoms with Gasteiger partial charge in [-0.25, -0.2) is 9.37 Å². The summed E-state index contributed by atoms with van der Waals surface area (Å²) in [7, 11) is 0. The standard InChI is InChI=1S/C8H7FN2/c9-5-6-1-3-10-8-7(6)2-4-11-8/h1-4H,5H2,(H,10,11). The largest absolute Gasteiger partial charge is 0.346 e. The number of alkyl halides is 1. The van der Waals surface area contributed by atoms with E-state index in [0.29, 0.717) is 5.56 Å². The van der Waals surface area contributed by atoms with Gasteiger partial charge in [0.25, 0.3) is 0 Å². The molecule has 56 valence electrons. The number of pyridine rings is 1. The van der Waals surface area contributed by atoms with E-state index in [-0.39, 0.29) is 0 Å². The van der Waals surface area contributed by atoms with Gasteiger partial charge in [0, 0.05) is 17.8 Å². The van der Waals surface area contributed by atoms with Crippen LogP contribution in [0.5, 0.6) is 0 Å². The molecule has 0 aliphatic rings. The number of halogens is 1. The fraction of sp³-hybridized carbons (Fsp3) is 0.125. The van der Waals surface area contributed by atoms with Gasteiger partial charge in [-0.2, -0.15) is 0 Å². The van der Waals surface area contributed by atoms with E-state index in [9.17, 15) is 4.39 Å². The third kappa shape index (κ3) is 0.888. The lowest BCUT2D eigenvalue weighted by molar-refractivity contribution is 0.487. The molecule has 0 saturated carbocycles. The SMILES string of the molecule is FCc1ccnc2[nH]ccc12. The molecule has 0 aliphatic heterocycles. The van der Waals surface area contributed by atoms with Crippen LogP contribution in [0.25, 0.3) is 11.0 Å². The molecular formula is C8H7FN2. The minimum atomic E-state index is -0.434. The van der Waals surface area contributed by atoms with E-state index in [1.54, 1.807) is 18.5 Å². The second-order valence-corrected chi connectivity index (χ2v) is 2.34. The Hall–Kier alpha value is -1.38. The van der Waals surface area contributed by atoms with Crippen LogP contribution >= 0.6 is 0 Å². The van der Waals surface area contributed by atoms with Crippen molar-refractivity contribution in [3.05, 3.63) is 30.1 Å². The molecule has 0 aliphatic carbocycles. The molecule has 11 heavy (non-hydrogen) atoms. The molecule has 2 aromatic rings. The number of hydrogen-bond donors (Lipinski definition) is 1. The lowest BCUT2D eigenvalue weighted by Crippen LogP contribution is -1.81. The fourth-order valence-electron chi connectivity index (χ4n) is 1.13. The quantitative estimate of drug-likeness (QED) is 0.662. The lowest BCUT2D eigenvalue weighted by atomic mass is 10.2. The summed E-state index contributed by atoms with van der Waals surface area (Å²) in [5.74, 6) is 0. The average molecular weight is 150 g/mol. The molecule has 0 spiro atoms. The van der Waals surface area contributed by atoms with Crippen molar-refractivity contribution in [2.75, 3.05) is 0 Å². The van der Waals surface area contributed by atoms with Crippen molar-refractivity contribution in [1.82, 2.24) is 9.97 Å². The van der Waals surface area contributed by atoms with Crippen LogP contribution in [-0.2, 0) is 6.67 Å². The van der Waals surface area contributed by atoms with Crippen LogP contribution in [0.15, 0.2) is 24.5 Å². The zero-order chi connectivity index (χ0) is 7.68. The molecule has 0 amide bonds. The molecule has 2 heterocycles. The fourth-order valence-corrected chi connectivity index (χ4v) is 1.13. The number of rotatable bonds is 1. The highest BCUT2D eigenvalue weighted by Crippen LogP contribution is 2.15. The van der Waals surface area contributed by atoms with Gasteiger partial charge >= 0.3 is 0 Å². The molecule has 2 rings (SSSR count). The normalized spacial score (nSPS) is 10.6. The van der Waals surface area contributed by atoms with E-state index in [0.717, 1.165) is 11.0 Å². The van der Waals surface area contributed by atoms with Crippen LogP contribution in [0.1, 0.15) is 5.56 Å². The first-order valence-corrected chi connectivity index (χ1v) is 3.39. The molecule has 1 N–H and O–H groups in total. The van der Waals surface area contributed by atoms with Crippen LogP contribution < -0.4 is 0 Å². The van der Waals surface area contributed by atoms with Gasteiger partial charge < -0.3 is 4.98 Å². The zero-order valence-electron chi connectivity index (χ0n) is 5.84. The monoisotopic (exact) mass is 150 g/mol. The van der Waals surface area contributed by atoms with Crippen molar-refractivity contribution < 1.29 is 4.39 Å². The summed E-state index contributed by atoms with van der Waals surface area (Å²) in [4.78, 5) is 6.94. The smallest absolute Gasteiger partial charge is 0.137 e. The van der Waals surface area contributed by atoms with Gasteiger partial charge in [-0.05, 0) is 17.7 Å². The molecule has 0 radical (unpaired) electrons. The summed E-state index contributed by atoms with van der Waals surface area (Å²) in [6, 6.07) is 3.52. The first-order valence-electron chi connectivity index (χ1n) is 3.39. The Morgan fingerprint density at radius 2 is 2.36 bits per heavy atom. The highest BCUT2D eigenvalue weighted by atomic mass is 19.1. The Kier molecular flexibility index (Phi) is 1.35. The molecule has 0 bridgehead atoms. The minimum absolute atomic E-state index is 0.434. The van der Waals surface area contributed by atoms with Crippen molar-refractivity contribution in [2.24, 2.45) is 0 Å². The highest BCUT2D eigenvalue weighted by Gasteiger charge is 2.00. The molecule has 2 nitrogen and oxygen atoms in total. The van der Waals surface area contributed by atoms with Gasteiger partial charge in [-0.1, -0.05) is 0 Å². The van der Waals surface area contributed by atoms with Crippen LogP contribution in [-0.4, -0.2) is 9.97 Å². The number of fused-ring (bicyclic) bond motifs is 1. The number of hydrogen-bond acceptors (Lipinski definition) is 1. The second kappa shape index (κ2) is 2.34. The van der Waals surface area contributed by atoms with Gasteiger partial charge in [0.1, 0.15) is 12.3 Å². The van der Waals surface area contributed by atoms with Crippen LogP contribution in [0.2, 0.25) is 0 Å². The lowest BCUT2D eigenvalue weighted by Gasteiger charge is -1.94. The maximum atomic E-state index is 12.3. The maximum Gasteiger partial charge on any atom is 0.137 e. The topological polar surface area (TPSA) is 28.7 Å². The predicted molar refractivity (Wildman–Crippen MR) is 40.9 cm³/mol. The number of nitrogens with zero attached hydrogens (tertiary/aromatic N) is 1. The van der Waals surface area contributed by atoms with Crippen molar-refractivity contribution in [3.63, 3.8) is 0 Å². The van der Waals surface area contributed by atoms with Crippen molar-refractivity contribution in [1.29, 1.82) is 0 Å². The number of H-pyrrole nitrogens is 1. The summed E-state index contributed by atoms with van der Waals surface area (Å²) in [5.41, 5.74) is 1.44. The van der Waals surface area contributed by atoms with E-state index < -0.39 is 6.67 Å². The van der Waals surface area contributed by atoms with Crippen LogP contribution in [0.4, 0.5) is 4.39 Å². The van der Waals surface area contributed by atoms with Gasteiger partial charge in [0.05, 0.1) is 0 Å². The second-order valence-electron chi connectivity index (χ2n) is 2.34. The molecule has 2 aromatic heterocycles. The number of nitrogens with one attached hydrogen (secondary N) is 1. The Bertz CT molecular complexity index is 367. The first kappa shape index (κ1) is 6.34. The van der Waals surface area contributed by atoms with E-state index in [1.807, 2.05) is 6.07 Å². The zero-order valence-corrected chi connectivity index (χ0v) is 5.84. The summed E-state index contributed by atoms with van der Waals surface area (Å²) in [6.45, 7) is -0.434. The Morgan fingerprint density at radius 1 is 1.45 bits per heavy atom. The van der Waals surface area contributed by atoms with E-state index >= 15 is 0 Å². The highest BCUT2D eigenvalue weighted by molar-refractivity contribution is 5.78. The third-order valence-electron chi connectivity index (χ3n) is 1.69. The summed E-state index contributed by atoms with van der Waals surface area (Å²) in [5, 5.41) is 0.870. The van der Waals surface area contributed by atoms with Crippen LogP contribution in [0.3, 0.4) is 0 Å². The van der Waals surface area contributed by atoms with E-state index in [4.69, 9.17) is 0 Å². The van der Waals surface area contributed by atoms with Crippen molar-refractivity contribution >= 4 is 11.0 Å².